The van der Waals surface area contributed by atoms with Crippen LogP contribution >= 0.6 is 0 Å². The van der Waals surface area contributed by atoms with Gasteiger partial charge in [0.15, 0.2) is 5.58 Å². The third-order valence-electron chi connectivity index (χ3n) is 3.07. The maximum Gasteiger partial charge on any atom is 0.416 e. The Hall–Kier alpha value is -2.44. The van der Waals surface area contributed by atoms with Crippen LogP contribution in [0.5, 0.6) is 0 Å². The van der Waals surface area contributed by atoms with Crippen LogP contribution in [0.2, 0.25) is 0 Å². The van der Waals surface area contributed by atoms with Crippen LogP contribution in [0, 0.1) is 0 Å². The number of aromatic nitrogens is 1. The molecule has 21 heavy (non-hydrogen) atoms. The summed E-state index contributed by atoms with van der Waals surface area (Å²) in [6.07, 6.45) is -4.44. The molecule has 1 aromatic carbocycles. The van der Waals surface area contributed by atoms with E-state index < -0.39 is 17.7 Å². The Kier molecular flexibility index (Phi) is 2.93. The molecule has 0 spiro atoms. The molecule has 0 saturated heterocycles. The Morgan fingerprint density at radius 3 is 2.71 bits per heavy atom. The van der Waals surface area contributed by atoms with Crippen molar-refractivity contribution in [1.82, 2.24) is 4.98 Å². The minimum absolute atomic E-state index is 0.0441. The number of halogens is 3. The topological polar surface area (TPSA) is 55.2 Å². The minimum atomic E-state index is -4.44. The molecule has 0 bridgehead atoms. The summed E-state index contributed by atoms with van der Waals surface area (Å²) in [5, 5.41) is 0.273. The molecule has 4 nitrogen and oxygen atoms in total. The van der Waals surface area contributed by atoms with Crippen molar-refractivity contribution in [3.8, 4) is 0 Å². The number of ether oxygens (including phenoxy) is 1. The molecule has 0 radical (unpaired) electrons. The summed E-state index contributed by atoms with van der Waals surface area (Å²) in [7, 11) is 0. The molecule has 0 aliphatic rings. The van der Waals surface area contributed by atoms with E-state index in [4.69, 9.17) is 9.15 Å². The lowest BCUT2D eigenvalue weighted by molar-refractivity contribution is -0.137. The summed E-state index contributed by atoms with van der Waals surface area (Å²) in [4.78, 5) is 14.5. The van der Waals surface area contributed by atoms with Crippen molar-refractivity contribution >= 4 is 28.0 Å². The highest BCUT2D eigenvalue weighted by Crippen LogP contribution is 2.35. The first-order valence-electron chi connectivity index (χ1n) is 6.19. The summed E-state index contributed by atoms with van der Waals surface area (Å²) >= 11 is 0. The summed E-state index contributed by atoms with van der Waals surface area (Å²) in [5.74, 6) is -0.695. The maximum absolute atomic E-state index is 12.7. The molecule has 3 rings (SSSR count). The average Bonchev–Trinajstić information content (AvgIpc) is 2.94. The highest BCUT2D eigenvalue weighted by atomic mass is 19.4. The fraction of sp³-hybridized carbons (Fsp3) is 0.214. The Morgan fingerprint density at radius 1 is 1.29 bits per heavy atom. The van der Waals surface area contributed by atoms with Gasteiger partial charge in [0.2, 0.25) is 5.76 Å². The Bertz CT molecular complexity index is 829. The van der Waals surface area contributed by atoms with E-state index in [-0.39, 0.29) is 23.3 Å². The van der Waals surface area contributed by atoms with E-state index in [0.29, 0.717) is 11.0 Å². The lowest BCUT2D eigenvalue weighted by Crippen LogP contribution is -2.04. The molecule has 0 aliphatic carbocycles. The van der Waals surface area contributed by atoms with E-state index >= 15 is 0 Å². The number of benzene rings is 1. The van der Waals surface area contributed by atoms with Gasteiger partial charge in [-0.05, 0) is 25.1 Å². The van der Waals surface area contributed by atoms with Crippen molar-refractivity contribution in [2.75, 3.05) is 6.61 Å². The number of hydrogen-bond donors (Lipinski definition) is 1. The van der Waals surface area contributed by atoms with Gasteiger partial charge in [-0.2, -0.15) is 13.2 Å². The van der Waals surface area contributed by atoms with E-state index in [2.05, 4.69) is 4.98 Å². The fourth-order valence-corrected chi connectivity index (χ4v) is 2.15. The maximum atomic E-state index is 12.7. The first-order chi connectivity index (χ1) is 9.90. The molecule has 2 aromatic heterocycles. The van der Waals surface area contributed by atoms with Crippen LogP contribution in [0.15, 0.2) is 28.7 Å². The molecular formula is C14H10F3NO3. The van der Waals surface area contributed by atoms with Crippen molar-refractivity contribution < 1.29 is 27.1 Å². The monoisotopic (exact) mass is 297 g/mol. The lowest BCUT2D eigenvalue weighted by Gasteiger charge is -2.05. The summed E-state index contributed by atoms with van der Waals surface area (Å²) < 4.78 is 48.3. The van der Waals surface area contributed by atoms with Crippen LogP contribution in [-0.2, 0) is 10.9 Å². The Morgan fingerprint density at radius 2 is 2.05 bits per heavy atom. The second-order valence-corrected chi connectivity index (χ2v) is 4.46. The number of carbonyl (C=O) groups is 1. The zero-order valence-corrected chi connectivity index (χ0v) is 10.9. The first-order valence-corrected chi connectivity index (χ1v) is 6.19. The fourth-order valence-electron chi connectivity index (χ4n) is 2.15. The molecule has 3 aromatic rings. The highest BCUT2D eigenvalue weighted by molar-refractivity contribution is 6.06. The van der Waals surface area contributed by atoms with Crippen LogP contribution in [0.3, 0.4) is 0 Å². The summed E-state index contributed by atoms with van der Waals surface area (Å²) in [5.41, 5.74) is 0.392. The van der Waals surface area contributed by atoms with Gasteiger partial charge in [0.1, 0.15) is 0 Å². The third kappa shape index (κ3) is 2.24. The number of H-pyrrole nitrogens is 1. The van der Waals surface area contributed by atoms with Crippen molar-refractivity contribution in [2.24, 2.45) is 0 Å². The second kappa shape index (κ2) is 4.54. The van der Waals surface area contributed by atoms with Crippen LogP contribution in [0.1, 0.15) is 23.0 Å². The number of aromatic amines is 1. The number of alkyl halides is 3. The lowest BCUT2D eigenvalue weighted by atomic mass is 10.1. The van der Waals surface area contributed by atoms with Crippen molar-refractivity contribution in [3.05, 3.63) is 35.6 Å². The number of esters is 1. The Labute approximate surface area is 116 Å². The molecule has 0 saturated carbocycles. The van der Waals surface area contributed by atoms with Gasteiger partial charge in [0.05, 0.1) is 17.7 Å². The van der Waals surface area contributed by atoms with Crippen molar-refractivity contribution in [2.45, 2.75) is 13.1 Å². The van der Waals surface area contributed by atoms with E-state index in [1.54, 1.807) is 6.92 Å². The number of fused-ring (bicyclic) bond motifs is 3. The van der Waals surface area contributed by atoms with E-state index in [0.717, 1.165) is 12.1 Å². The van der Waals surface area contributed by atoms with Crippen LogP contribution in [-0.4, -0.2) is 17.6 Å². The predicted molar refractivity (Wildman–Crippen MR) is 69.0 cm³/mol. The minimum Gasteiger partial charge on any atom is -0.460 e. The number of furan rings is 1. The highest BCUT2D eigenvalue weighted by Gasteiger charge is 2.31. The SMILES string of the molecule is CCOC(=O)c1cc2[nH]c3ccc(C(F)(F)F)cc3c2o1. The second-order valence-electron chi connectivity index (χ2n) is 4.46. The zero-order chi connectivity index (χ0) is 15.2. The van der Waals surface area contributed by atoms with Crippen molar-refractivity contribution in [1.29, 1.82) is 0 Å². The average molecular weight is 297 g/mol. The van der Waals surface area contributed by atoms with Gasteiger partial charge in [-0.25, -0.2) is 4.79 Å². The van der Waals surface area contributed by atoms with Gasteiger partial charge in [-0.3, -0.25) is 0 Å². The molecule has 110 valence electrons. The molecule has 2 heterocycles. The van der Waals surface area contributed by atoms with Gasteiger partial charge in [0, 0.05) is 17.0 Å². The largest absolute Gasteiger partial charge is 0.460 e. The first kappa shape index (κ1) is 13.5. The molecule has 0 aliphatic heterocycles. The number of rotatable bonds is 2. The molecular weight excluding hydrogens is 287 g/mol. The van der Waals surface area contributed by atoms with E-state index in [1.807, 2.05) is 0 Å². The smallest absolute Gasteiger partial charge is 0.416 e. The van der Waals surface area contributed by atoms with Crippen molar-refractivity contribution in [3.63, 3.8) is 0 Å². The molecule has 7 heteroatoms. The third-order valence-corrected chi connectivity index (χ3v) is 3.07. The quantitative estimate of drug-likeness (QED) is 0.724. The van der Waals surface area contributed by atoms with Gasteiger partial charge < -0.3 is 14.1 Å². The van der Waals surface area contributed by atoms with Crippen LogP contribution < -0.4 is 0 Å². The van der Waals surface area contributed by atoms with Gasteiger partial charge in [-0.1, -0.05) is 0 Å². The van der Waals surface area contributed by atoms with Gasteiger partial charge >= 0.3 is 12.1 Å². The molecule has 0 unspecified atom stereocenters. The number of hydrogen-bond acceptors (Lipinski definition) is 3. The molecule has 1 N–H and O–H groups in total. The summed E-state index contributed by atoms with van der Waals surface area (Å²) in [6.45, 7) is 1.84. The van der Waals surface area contributed by atoms with Crippen LogP contribution in [0.4, 0.5) is 13.2 Å². The van der Waals surface area contributed by atoms with Crippen LogP contribution in [0.25, 0.3) is 22.0 Å². The predicted octanol–water partition coefficient (Wildman–Crippen LogP) is 4.11. The van der Waals surface area contributed by atoms with Gasteiger partial charge in [0.25, 0.3) is 0 Å². The molecule has 0 fully saturated rings. The summed E-state index contributed by atoms with van der Waals surface area (Å²) in [6, 6.07) is 4.73. The molecule has 0 atom stereocenters. The van der Waals surface area contributed by atoms with E-state index in [9.17, 15) is 18.0 Å². The normalized spacial score (nSPS) is 12.2. The number of nitrogens with one attached hydrogen (secondary N) is 1. The van der Waals surface area contributed by atoms with E-state index in [1.165, 1.54) is 12.1 Å². The number of carbonyl (C=O) groups excluding carboxylic acids is 1. The standard InChI is InChI=1S/C14H10F3NO3/c1-2-20-13(19)11-6-10-12(21-11)8-5-7(14(15,16)17)3-4-9(8)18-10/h3-6,18H,2H2,1H3. The van der Waals surface area contributed by atoms with Gasteiger partial charge in [-0.15, -0.1) is 0 Å². The molecule has 0 amide bonds. The Balaban J connectivity index is 2.16. The zero-order valence-electron chi connectivity index (χ0n) is 10.9.